The van der Waals surface area contributed by atoms with E-state index in [1.807, 2.05) is 0 Å². The largest absolute Gasteiger partial charge is 0.478 e. The number of nitrogens with zero attached hydrogens (tertiary/aromatic N) is 1. The Hall–Kier alpha value is -1.71. The van der Waals surface area contributed by atoms with E-state index in [-0.39, 0.29) is 0 Å². The topological polar surface area (TPSA) is 66.6 Å². The highest BCUT2D eigenvalue weighted by atomic mass is 16.4. The number of carboxylic acid groups (broad SMARTS) is 1. The number of benzene rings is 1. The van der Waals surface area contributed by atoms with Crippen LogP contribution in [-0.2, 0) is 0 Å². The number of rotatable bonds is 4. The Morgan fingerprint density at radius 2 is 2.25 bits per heavy atom. The normalized spacial score (nSPS) is 14.8. The number of aromatic carboxylic acids is 1. The number of hydrogen-bond acceptors (Lipinski definition) is 3. The summed E-state index contributed by atoms with van der Waals surface area (Å²) >= 11 is 0. The third-order valence-electron chi connectivity index (χ3n) is 2.92. The molecule has 0 heterocycles. The zero-order valence-electron chi connectivity index (χ0n) is 9.31. The molecule has 86 valence electrons. The lowest BCUT2D eigenvalue weighted by Gasteiger charge is -2.24. The van der Waals surface area contributed by atoms with Crippen molar-refractivity contribution in [1.29, 1.82) is 0 Å². The molecule has 0 aromatic heterocycles. The highest BCUT2D eigenvalue weighted by Gasteiger charge is 2.29. The standard InChI is InChI=1S/C12H16N2O2/c1-2-14(9-4-5-9)11-7-8(12(15)16)3-6-10(11)13/h3,6-7,9H,2,4-5,13H2,1H3,(H,15,16). The number of nitrogens with two attached hydrogens (primary N) is 1. The van der Waals surface area contributed by atoms with E-state index in [2.05, 4.69) is 11.8 Å². The maximum Gasteiger partial charge on any atom is 0.335 e. The minimum Gasteiger partial charge on any atom is -0.478 e. The second-order valence-corrected chi connectivity index (χ2v) is 4.10. The van der Waals surface area contributed by atoms with E-state index in [1.165, 1.54) is 12.8 Å². The number of nitrogen functional groups attached to an aromatic ring is 1. The van der Waals surface area contributed by atoms with Gasteiger partial charge in [0.25, 0.3) is 0 Å². The molecule has 1 fully saturated rings. The van der Waals surface area contributed by atoms with E-state index >= 15 is 0 Å². The first-order chi connectivity index (χ1) is 7.63. The second kappa shape index (κ2) is 4.04. The van der Waals surface area contributed by atoms with E-state index < -0.39 is 5.97 Å². The molecular formula is C12H16N2O2. The van der Waals surface area contributed by atoms with Crippen molar-refractivity contribution in [3.05, 3.63) is 23.8 Å². The molecule has 4 heteroatoms. The van der Waals surface area contributed by atoms with Crippen molar-refractivity contribution in [2.75, 3.05) is 17.2 Å². The number of carbonyl (C=O) groups is 1. The van der Waals surface area contributed by atoms with Gasteiger partial charge < -0.3 is 15.7 Å². The third-order valence-corrected chi connectivity index (χ3v) is 2.92. The monoisotopic (exact) mass is 220 g/mol. The number of anilines is 2. The zero-order chi connectivity index (χ0) is 11.7. The molecule has 0 aliphatic heterocycles. The van der Waals surface area contributed by atoms with E-state index in [4.69, 9.17) is 10.8 Å². The molecule has 16 heavy (non-hydrogen) atoms. The fourth-order valence-corrected chi connectivity index (χ4v) is 1.94. The summed E-state index contributed by atoms with van der Waals surface area (Å²) in [5, 5.41) is 8.95. The van der Waals surface area contributed by atoms with Crippen molar-refractivity contribution in [1.82, 2.24) is 0 Å². The lowest BCUT2D eigenvalue weighted by atomic mass is 10.1. The van der Waals surface area contributed by atoms with Gasteiger partial charge in [-0.3, -0.25) is 0 Å². The fraction of sp³-hybridized carbons (Fsp3) is 0.417. The second-order valence-electron chi connectivity index (χ2n) is 4.10. The van der Waals surface area contributed by atoms with Gasteiger partial charge in [0.1, 0.15) is 0 Å². The number of hydrogen-bond donors (Lipinski definition) is 2. The van der Waals surface area contributed by atoms with Gasteiger partial charge in [-0.05, 0) is 38.0 Å². The van der Waals surface area contributed by atoms with Crippen LogP contribution >= 0.6 is 0 Å². The van der Waals surface area contributed by atoms with Crippen LogP contribution in [0.1, 0.15) is 30.1 Å². The first-order valence-electron chi connectivity index (χ1n) is 5.53. The maximum atomic E-state index is 10.9. The van der Waals surface area contributed by atoms with Gasteiger partial charge in [0, 0.05) is 12.6 Å². The van der Waals surface area contributed by atoms with E-state index in [9.17, 15) is 4.79 Å². The van der Waals surface area contributed by atoms with Gasteiger partial charge in [0.15, 0.2) is 0 Å². The molecule has 0 spiro atoms. The van der Waals surface area contributed by atoms with Crippen LogP contribution in [0.2, 0.25) is 0 Å². The van der Waals surface area contributed by atoms with Crippen LogP contribution in [0.5, 0.6) is 0 Å². The summed E-state index contributed by atoms with van der Waals surface area (Å²) < 4.78 is 0. The predicted octanol–water partition coefficient (Wildman–Crippen LogP) is 1.96. The van der Waals surface area contributed by atoms with Crippen molar-refractivity contribution >= 4 is 17.3 Å². The van der Waals surface area contributed by atoms with E-state index in [1.54, 1.807) is 18.2 Å². The third kappa shape index (κ3) is 1.96. The Bertz CT molecular complexity index is 413. The number of carboxylic acids is 1. The molecule has 3 N–H and O–H groups in total. The highest BCUT2D eigenvalue weighted by molar-refractivity contribution is 5.90. The average Bonchev–Trinajstić information content (AvgIpc) is 3.05. The SMILES string of the molecule is CCN(c1cc(C(=O)O)ccc1N)C1CC1. The molecule has 1 aliphatic carbocycles. The molecule has 0 unspecified atom stereocenters. The van der Waals surface area contributed by atoms with Crippen molar-refractivity contribution in [2.24, 2.45) is 0 Å². The summed E-state index contributed by atoms with van der Waals surface area (Å²) in [5.74, 6) is -0.909. The zero-order valence-corrected chi connectivity index (χ0v) is 9.31. The minimum atomic E-state index is -0.909. The van der Waals surface area contributed by atoms with Gasteiger partial charge in [-0.1, -0.05) is 0 Å². The summed E-state index contributed by atoms with van der Waals surface area (Å²) in [4.78, 5) is 13.1. The van der Waals surface area contributed by atoms with Gasteiger partial charge in [0.05, 0.1) is 16.9 Å². The Kier molecular flexibility index (Phi) is 2.73. The van der Waals surface area contributed by atoms with Crippen LogP contribution in [0.4, 0.5) is 11.4 Å². The minimum absolute atomic E-state index is 0.295. The quantitative estimate of drug-likeness (QED) is 0.761. The maximum absolute atomic E-state index is 10.9. The van der Waals surface area contributed by atoms with E-state index in [0.29, 0.717) is 17.3 Å². The van der Waals surface area contributed by atoms with Crippen LogP contribution in [0.3, 0.4) is 0 Å². The van der Waals surface area contributed by atoms with E-state index in [0.717, 1.165) is 12.2 Å². The van der Waals surface area contributed by atoms with Crippen LogP contribution in [0, 0.1) is 0 Å². The molecule has 0 radical (unpaired) electrons. The molecule has 1 saturated carbocycles. The molecule has 1 aliphatic rings. The Balaban J connectivity index is 2.36. The molecule has 4 nitrogen and oxygen atoms in total. The van der Waals surface area contributed by atoms with Crippen LogP contribution in [-0.4, -0.2) is 23.7 Å². The smallest absolute Gasteiger partial charge is 0.335 e. The fourth-order valence-electron chi connectivity index (χ4n) is 1.94. The van der Waals surface area contributed by atoms with Crippen LogP contribution < -0.4 is 10.6 Å². The van der Waals surface area contributed by atoms with Gasteiger partial charge in [0.2, 0.25) is 0 Å². The molecule has 0 bridgehead atoms. The Labute approximate surface area is 94.7 Å². The summed E-state index contributed by atoms with van der Waals surface area (Å²) in [5.41, 5.74) is 7.70. The Morgan fingerprint density at radius 3 is 2.75 bits per heavy atom. The molecule has 2 rings (SSSR count). The molecule has 1 aromatic rings. The summed E-state index contributed by atoms with van der Waals surface area (Å²) in [6.45, 7) is 2.92. The molecule has 0 atom stereocenters. The summed E-state index contributed by atoms with van der Waals surface area (Å²) in [7, 11) is 0. The van der Waals surface area contributed by atoms with Crippen LogP contribution in [0.25, 0.3) is 0 Å². The average molecular weight is 220 g/mol. The van der Waals surface area contributed by atoms with Crippen molar-refractivity contribution in [2.45, 2.75) is 25.8 Å². The molecule has 1 aromatic carbocycles. The lowest BCUT2D eigenvalue weighted by molar-refractivity contribution is 0.0697. The van der Waals surface area contributed by atoms with Crippen molar-refractivity contribution in [3.63, 3.8) is 0 Å². The van der Waals surface area contributed by atoms with Crippen molar-refractivity contribution < 1.29 is 9.90 Å². The predicted molar refractivity (Wildman–Crippen MR) is 63.9 cm³/mol. The van der Waals surface area contributed by atoms with Gasteiger partial charge in [-0.15, -0.1) is 0 Å². The highest BCUT2D eigenvalue weighted by Crippen LogP contribution is 2.34. The van der Waals surface area contributed by atoms with Gasteiger partial charge in [-0.25, -0.2) is 4.79 Å². The summed E-state index contributed by atoms with van der Waals surface area (Å²) in [6.07, 6.45) is 2.34. The van der Waals surface area contributed by atoms with Crippen LogP contribution in [0.15, 0.2) is 18.2 Å². The summed E-state index contributed by atoms with van der Waals surface area (Å²) in [6, 6.07) is 5.42. The molecule has 0 saturated heterocycles. The molecular weight excluding hydrogens is 204 g/mol. The van der Waals surface area contributed by atoms with Gasteiger partial charge >= 0.3 is 5.97 Å². The van der Waals surface area contributed by atoms with Crippen molar-refractivity contribution in [3.8, 4) is 0 Å². The first-order valence-corrected chi connectivity index (χ1v) is 5.53. The van der Waals surface area contributed by atoms with Gasteiger partial charge in [-0.2, -0.15) is 0 Å². The first kappa shape index (κ1) is 10.8. The molecule has 0 amide bonds. The lowest BCUT2D eigenvalue weighted by Crippen LogP contribution is -2.26. The Morgan fingerprint density at radius 1 is 1.56 bits per heavy atom.